The van der Waals surface area contributed by atoms with Crippen LogP contribution in [-0.2, 0) is 10.0 Å². The number of nitrogens with one attached hydrogen (secondary N) is 2. The first-order chi connectivity index (χ1) is 7.99. The van der Waals surface area contributed by atoms with Crippen LogP contribution in [0.15, 0.2) is 17.2 Å². The third-order valence-electron chi connectivity index (χ3n) is 2.74. The number of hydrogen-bond acceptors (Lipinski definition) is 3. The first-order valence-electron chi connectivity index (χ1n) is 5.40. The van der Waals surface area contributed by atoms with Crippen molar-refractivity contribution in [3.63, 3.8) is 0 Å². The van der Waals surface area contributed by atoms with Gasteiger partial charge in [0.1, 0.15) is 10.6 Å². The quantitative estimate of drug-likeness (QED) is 0.702. The largest absolute Gasteiger partial charge is 0.477 e. The molecule has 7 heteroatoms. The Hall–Kier alpha value is -1.34. The van der Waals surface area contributed by atoms with Crippen molar-refractivity contribution in [2.75, 3.05) is 6.54 Å². The molecule has 1 aliphatic carbocycles. The van der Waals surface area contributed by atoms with Crippen molar-refractivity contribution in [2.24, 2.45) is 5.92 Å². The van der Waals surface area contributed by atoms with Crippen LogP contribution in [0.5, 0.6) is 0 Å². The SMILES string of the molecule is O=C(O)c1cc(S(=O)(=O)NCCC2CC2)c[nH]1. The molecule has 0 unspecified atom stereocenters. The van der Waals surface area contributed by atoms with E-state index in [9.17, 15) is 13.2 Å². The van der Waals surface area contributed by atoms with Gasteiger partial charge in [-0.3, -0.25) is 0 Å². The fourth-order valence-electron chi connectivity index (χ4n) is 1.54. The maximum Gasteiger partial charge on any atom is 0.352 e. The lowest BCUT2D eigenvalue weighted by molar-refractivity contribution is 0.0691. The van der Waals surface area contributed by atoms with Gasteiger partial charge in [0.05, 0.1) is 0 Å². The van der Waals surface area contributed by atoms with Gasteiger partial charge in [-0.2, -0.15) is 0 Å². The standard InChI is InChI=1S/C10H14N2O4S/c13-10(14)9-5-8(6-11-9)17(15,16)12-4-3-7-1-2-7/h5-7,11-12H,1-4H2,(H,13,14). The fourth-order valence-corrected chi connectivity index (χ4v) is 2.58. The Balaban J connectivity index is 1.99. The highest BCUT2D eigenvalue weighted by Crippen LogP contribution is 2.31. The highest BCUT2D eigenvalue weighted by Gasteiger charge is 2.22. The average Bonchev–Trinajstić information content (AvgIpc) is 2.92. The highest BCUT2D eigenvalue weighted by molar-refractivity contribution is 7.89. The van der Waals surface area contributed by atoms with Crippen LogP contribution in [0.2, 0.25) is 0 Å². The van der Waals surface area contributed by atoms with Crippen LogP contribution in [0.3, 0.4) is 0 Å². The van der Waals surface area contributed by atoms with Crippen molar-refractivity contribution < 1.29 is 18.3 Å². The van der Waals surface area contributed by atoms with E-state index in [1.54, 1.807) is 0 Å². The van der Waals surface area contributed by atoms with E-state index in [0.717, 1.165) is 12.5 Å². The number of sulfonamides is 1. The Morgan fingerprint density at radius 2 is 2.24 bits per heavy atom. The number of carboxylic acids is 1. The molecular weight excluding hydrogens is 244 g/mol. The molecular formula is C10H14N2O4S. The van der Waals surface area contributed by atoms with Crippen molar-refractivity contribution in [1.82, 2.24) is 9.71 Å². The molecule has 94 valence electrons. The number of carboxylic acid groups (broad SMARTS) is 1. The summed E-state index contributed by atoms with van der Waals surface area (Å²) < 4.78 is 26.0. The lowest BCUT2D eigenvalue weighted by atomic mass is 10.3. The Labute approximate surface area is 99.1 Å². The van der Waals surface area contributed by atoms with Crippen molar-refractivity contribution in [1.29, 1.82) is 0 Å². The number of H-pyrrole nitrogens is 1. The molecule has 0 aliphatic heterocycles. The van der Waals surface area contributed by atoms with Gasteiger partial charge in [-0.05, 0) is 18.4 Å². The summed E-state index contributed by atoms with van der Waals surface area (Å²) in [6.07, 6.45) is 4.38. The molecule has 0 atom stereocenters. The second-order valence-corrected chi connectivity index (χ2v) is 5.95. The van der Waals surface area contributed by atoms with Crippen molar-refractivity contribution >= 4 is 16.0 Å². The number of aromatic carboxylic acids is 1. The van der Waals surface area contributed by atoms with E-state index in [2.05, 4.69) is 9.71 Å². The molecule has 6 nitrogen and oxygen atoms in total. The Kier molecular flexibility index (Phi) is 3.21. The summed E-state index contributed by atoms with van der Waals surface area (Å²) in [7, 11) is -3.59. The summed E-state index contributed by atoms with van der Waals surface area (Å²) in [5.41, 5.74) is -0.132. The molecule has 1 aliphatic rings. The predicted molar refractivity (Wildman–Crippen MR) is 60.3 cm³/mol. The number of rotatable bonds is 6. The Morgan fingerprint density at radius 1 is 1.53 bits per heavy atom. The van der Waals surface area contributed by atoms with Crippen LogP contribution in [-0.4, -0.2) is 31.0 Å². The van der Waals surface area contributed by atoms with Crippen LogP contribution < -0.4 is 4.72 Å². The summed E-state index contributed by atoms with van der Waals surface area (Å²) >= 11 is 0. The van der Waals surface area contributed by atoms with Crippen molar-refractivity contribution in [3.05, 3.63) is 18.0 Å². The van der Waals surface area contributed by atoms with Crippen LogP contribution in [0.4, 0.5) is 0 Å². The van der Waals surface area contributed by atoms with Crippen molar-refractivity contribution in [3.8, 4) is 0 Å². The molecule has 0 amide bonds. The number of hydrogen-bond donors (Lipinski definition) is 3. The molecule has 1 fully saturated rings. The topological polar surface area (TPSA) is 99.3 Å². The van der Waals surface area contributed by atoms with Crippen molar-refractivity contribution in [2.45, 2.75) is 24.2 Å². The summed E-state index contributed by atoms with van der Waals surface area (Å²) in [6, 6.07) is 1.11. The van der Waals surface area contributed by atoms with Gasteiger partial charge in [0.25, 0.3) is 0 Å². The van der Waals surface area contributed by atoms with E-state index in [0.29, 0.717) is 12.5 Å². The van der Waals surface area contributed by atoms with Gasteiger partial charge in [-0.1, -0.05) is 12.8 Å². The third kappa shape index (κ3) is 3.07. The third-order valence-corrected chi connectivity index (χ3v) is 4.18. The molecule has 0 bridgehead atoms. The number of aromatic amines is 1. The van der Waals surface area contributed by atoms with Crippen LogP contribution in [0.1, 0.15) is 29.8 Å². The zero-order valence-electron chi connectivity index (χ0n) is 9.14. The minimum Gasteiger partial charge on any atom is -0.477 e. The number of carbonyl (C=O) groups is 1. The smallest absolute Gasteiger partial charge is 0.352 e. The van der Waals surface area contributed by atoms with Gasteiger partial charge < -0.3 is 10.1 Å². The molecule has 1 aromatic rings. The average molecular weight is 258 g/mol. The predicted octanol–water partition coefficient (Wildman–Crippen LogP) is 0.791. The van der Waals surface area contributed by atoms with E-state index < -0.39 is 16.0 Å². The second-order valence-electron chi connectivity index (χ2n) is 4.18. The molecule has 0 spiro atoms. The molecule has 3 N–H and O–H groups in total. The van der Waals surface area contributed by atoms with E-state index in [1.165, 1.54) is 19.0 Å². The lowest BCUT2D eigenvalue weighted by Gasteiger charge is -2.03. The maximum atomic E-state index is 11.7. The number of aromatic nitrogens is 1. The minimum atomic E-state index is -3.59. The van der Waals surface area contributed by atoms with Gasteiger partial charge in [-0.25, -0.2) is 17.9 Å². The second kappa shape index (κ2) is 4.50. The van der Waals surface area contributed by atoms with E-state index in [1.807, 2.05) is 0 Å². The molecule has 1 heterocycles. The van der Waals surface area contributed by atoms with E-state index in [4.69, 9.17) is 5.11 Å². The first kappa shape index (κ1) is 12.1. The normalized spacial score (nSPS) is 16.0. The van der Waals surface area contributed by atoms with E-state index in [-0.39, 0.29) is 10.6 Å². The zero-order chi connectivity index (χ0) is 12.5. The summed E-state index contributed by atoms with van der Waals surface area (Å²) in [5.74, 6) is -0.525. The van der Waals surface area contributed by atoms with E-state index >= 15 is 0 Å². The Morgan fingerprint density at radius 3 is 2.76 bits per heavy atom. The first-order valence-corrected chi connectivity index (χ1v) is 6.89. The van der Waals surface area contributed by atoms with Gasteiger partial charge in [0.2, 0.25) is 10.0 Å². The molecule has 2 rings (SSSR count). The summed E-state index contributed by atoms with van der Waals surface area (Å²) in [6.45, 7) is 0.403. The maximum absolute atomic E-state index is 11.7. The fraction of sp³-hybridized carbons (Fsp3) is 0.500. The molecule has 1 saturated carbocycles. The summed E-state index contributed by atoms with van der Waals surface area (Å²) in [5, 5.41) is 8.67. The van der Waals surface area contributed by atoms with Crippen LogP contribution in [0.25, 0.3) is 0 Å². The monoisotopic (exact) mass is 258 g/mol. The Bertz CT molecular complexity index is 516. The van der Waals surface area contributed by atoms with Gasteiger partial charge >= 0.3 is 5.97 Å². The minimum absolute atomic E-state index is 0.0364. The molecule has 0 radical (unpaired) electrons. The molecule has 0 saturated heterocycles. The molecule has 0 aromatic carbocycles. The molecule has 17 heavy (non-hydrogen) atoms. The van der Waals surface area contributed by atoms with Gasteiger partial charge in [0.15, 0.2) is 0 Å². The highest BCUT2D eigenvalue weighted by atomic mass is 32.2. The van der Waals surface area contributed by atoms with Gasteiger partial charge in [-0.15, -0.1) is 0 Å². The zero-order valence-corrected chi connectivity index (χ0v) is 9.96. The van der Waals surface area contributed by atoms with Crippen LogP contribution >= 0.6 is 0 Å². The lowest BCUT2D eigenvalue weighted by Crippen LogP contribution is -2.24. The summed E-state index contributed by atoms with van der Waals surface area (Å²) in [4.78, 5) is 13.0. The van der Waals surface area contributed by atoms with Gasteiger partial charge in [0, 0.05) is 12.7 Å². The molecule has 1 aromatic heterocycles. The van der Waals surface area contributed by atoms with Crippen LogP contribution in [0, 0.1) is 5.92 Å².